The van der Waals surface area contributed by atoms with E-state index in [-0.39, 0.29) is 0 Å². The number of nitrogens with one attached hydrogen (secondary N) is 1. The first-order valence-electron chi connectivity index (χ1n) is 6.88. The normalized spacial score (nSPS) is 14.6. The molecule has 0 radical (unpaired) electrons. The third kappa shape index (κ3) is 2.99. The second-order valence-electron chi connectivity index (χ2n) is 5.15. The summed E-state index contributed by atoms with van der Waals surface area (Å²) in [5.41, 5.74) is 4.22. The van der Waals surface area contributed by atoms with E-state index in [0.717, 1.165) is 19.1 Å². The van der Waals surface area contributed by atoms with E-state index in [4.69, 9.17) is 0 Å². The molecule has 100 valence electrons. The van der Waals surface area contributed by atoms with Crippen molar-refractivity contribution < 1.29 is 0 Å². The van der Waals surface area contributed by atoms with Crippen LogP contribution in [0, 0.1) is 0 Å². The molecule has 1 aliphatic rings. The number of hydrogen-bond acceptors (Lipinski definition) is 3. The van der Waals surface area contributed by atoms with Crippen LogP contribution in [0.3, 0.4) is 0 Å². The zero-order valence-corrected chi connectivity index (χ0v) is 12.1. The third-order valence-corrected chi connectivity index (χ3v) is 4.32. The van der Waals surface area contributed by atoms with Crippen molar-refractivity contribution in [2.75, 3.05) is 11.9 Å². The quantitative estimate of drug-likeness (QED) is 0.863. The molecule has 2 nitrogen and oxygen atoms in total. The molecule has 1 aliphatic carbocycles. The molecule has 1 fully saturated rings. The zero-order chi connectivity index (χ0) is 13.1. The summed E-state index contributed by atoms with van der Waals surface area (Å²) >= 11 is 1.78. The van der Waals surface area contributed by atoms with Gasteiger partial charge in [0.2, 0.25) is 0 Å². The molecule has 1 N–H and O–H groups in total. The van der Waals surface area contributed by atoms with Gasteiger partial charge in [0.1, 0.15) is 0 Å². The molecule has 3 rings (SSSR count). The Morgan fingerprint density at radius 2 is 2.11 bits per heavy atom. The standard InChI is InChI=1S/C16H20N2S/c1-17-10-14-4-2-3-5-16(14)18(15-6-7-15)11-13-8-9-19-12-13/h2-5,8-9,12,15,17H,6-7,10-11H2,1H3. The number of thiophene rings is 1. The second kappa shape index (κ2) is 5.76. The van der Waals surface area contributed by atoms with Crippen LogP contribution in [0.15, 0.2) is 41.1 Å². The third-order valence-electron chi connectivity index (χ3n) is 3.59. The molecular weight excluding hydrogens is 252 g/mol. The number of para-hydroxylation sites is 1. The molecule has 19 heavy (non-hydrogen) atoms. The van der Waals surface area contributed by atoms with E-state index < -0.39 is 0 Å². The van der Waals surface area contributed by atoms with Gasteiger partial charge in [0.15, 0.2) is 0 Å². The monoisotopic (exact) mass is 272 g/mol. The van der Waals surface area contributed by atoms with Crippen molar-refractivity contribution in [1.29, 1.82) is 0 Å². The Bertz CT molecular complexity index is 517. The van der Waals surface area contributed by atoms with Crippen LogP contribution in [0.2, 0.25) is 0 Å². The summed E-state index contributed by atoms with van der Waals surface area (Å²) in [6.45, 7) is 1.97. The van der Waals surface area contributed by atoms with Gasteiger partial charge in [0, 0.05) is 24.8 Å². The van der Waals surface area contributed by atoms with Crippen LogP contribution in [0.25, 0.3) is 0 Å². The molecule has 0 saturated heterocycles. The van der Waals surface area contributed by atoms with E-state index >= 15 is 0 Å². The van der Waals surface area contributed by atoms with Gasteiger partial charge in [0.05, 0.1) is 0 Å². The van der Waals surface area contributed by atoms with Crippen LogP contribution >= 0.6 is 11.3 Å². The molecule has 1 heterocycles. The lowest BCUT2D eigenvalue weighted by molar-refractivity contribution is 0.766. The highest BCUT2D eigenvalue weighted by Gasteiger charge is 2.30. The summed E-state index contributed by atoms with van der Waals surface area (Å²) in [7, 11) is 2.01. The van der Waals surface area contributed by atoms with Crippen molar-refractivity contribution in [2.24, 2.45) is 0 Å². The van der Waals surface area contributed by atoms with Crippen molar-refractivity contribution in [3.63, 3.8) is 0 Å². The first-order valence-corrected chi connectivity index (χ1v) is 7.83. The maximum atomic E-state index is 3.27. The molecule has 0 amide bonds. The highest BCUT2D eigenvalue weighted by molar-refractivity contribution is 7.07. The average Bonchev–Trinajstić information content (AvgIpc) is 3.15. The van der Waals surface area contributed by atoms with Crippen LogP contribution in [0.4, 0.5) is 5.69 Å². The van der Waals surface area contributed by atoms with Gasteiger partial charge in [-0.25, -0.2) is 0 Å². The highest BCUT2D eigenvalue weighted by Crippen LogP contribution is 2.35. The van der Waals surface area contributed by atoms with E-state index in [1.54, 1.807) is 11.3 Å². The molecule has 0 aliphatic heterocycles. The van der Waals surface area contributed by atoms with Gasteiger partial charge < -0.3 is 10.2 Å². The van der Waals surface area contributed by atoms with Crippen LogP contribution in [0.5, 0.6) is 0 Å². The van der Waals surface area contributed by atoms with Crippen LogP contribution < -0.4 is 10.2 Å². The zero-order valence-electron chi connectivity index (χ0n) is 11.3. The summed E-state index contributed by atoms with van der Waals surface area (Å²) in [4.78, 5) is 2.58. The van der Waals surface area contributed by atoms with Gasteiger partial charge in [0.25, 0.3) is 0 Å². The van der Waals surface area contributed by atoms with Gasteiger partial charge in [-0.2, -0.15) is 11.3 Å². The molecule has 1 aromatic heterocycles. The first kappa shape index (κ1) is 12.7. The summed E-state index contributed by atoms with van der Waals surface area (Å²) in [6, 6.07) is 11.7. The van der Waals surface area contributed by atoms with Crippen LogP contribution in [-0.4, -0.2) is 13.1 Å². The van der Waals surface area contributed by atoms with Crippen LogP contribution in [-0.2, 0) is 13.1 Å². The van der Waals surface area contributed by atoms with E-state index in [1.807, 2.05) is 7.05 Å². The lowest BCUT2D eigenvalue weighted by atomic mass is 10.1. The largest absolute Gasteiger partial charge is 0.364 e. The van der Waals surface area contributed by atoms with Crippen LogP contribution in [0.1, 0.15) is 24.0 Å². The van der Waals surface area contributed by atoms with Gasteiger partial charge >= 0.3 is 0 Å². The number of rotatable bonds is 6. The minimum absolute atomic E-state index is 0.734. The van der Waals surface area contributed by atoms with Crippen molar-refractivity contribution in [3.8, 4) is 0 Å². The SMILES string of the molecule is CNCc1ccccc1N(Cc1ccsc1)C1CC1. The molecule has 1 saturated carbocycles. The lowest BCUT2D eigenvalue weighted by Gasteiger charge is -2.27. The van der Waals surface area contributed by atoms with Crippen molar-refractivity contribution in [3.05, 3.63) is 52.2 Å². The molecule has 0 spiro atoms. The summed E-state index contributed by atoms with van der Waals surface area (Å²) in [6.07, 6.45) is 2.66. The van der Waals surface area contributed by atoms with Gasteiger partial charge in [-0.05, 0) is 53.9 Å². The molecule has 0 bridgehead atoms. The minimum Gasteiger partial charge on any atom is -0.364 e. The maximum absolute atomic E-state index is 3.27. The minimum atomic E-state index is 0.734. The highest BCUT2D eigenvalue weighted by atomic mass is 32.1. The van der Waals surface area contributed by atoms with E-state index in [2.05, 4.69) is 51.3 Å². The molecule has 2 aromatic rings. The summed E-state index contributed by atoms with van der Waals surface area (Å²) < 4.78 is 0. The summed E-state index contributed by atoms with van der Waals surface area (Å²) in [5, 5.41) is 7.70. The second-order valence-corrected chi connectivity index (χ2v) is 5.93. The molecule has 1 aromatic carbocycles. The fourth-order valence-corrected chi connectivity index (χ4v) is 3.17. The van der Waals surface area contributed by atoms with Crippen molar-refractivity contribution in [2.45, 2.75) is 32.0 Å². The van der Waals surface area contributed by atoms with Gasteiger partial charge in [-0.15, -0.1) is 0 Å². The maximum Gasteiger partial charge on any atom is 0.0440 e. The van der Waals surface area contributed by atoms with Crippen molar-refractivity contribution >= 4 is 17.0 Å². The number of anilines is 1. The Morgan fingerprint density at radius 3 is 2.79 bits per heavy atom. The van der Waals surface area contributed by atoms with E-state index in [1.165, 1.54) is 29.7 Å². The topological polar surface area (TPSA) is 15.3 Å². The molecule has 0 unspecified atom stereocenters. The number of benzene rings is 1. The van der Waals surface area contributed by atoms with E-state index in [0.29, 0.717) is 0 Å². The number of hydrogen-bond donors (Lipinski definition) is 1. The predicted molar refractivity (Wildman–Crippen MR) is 82.7 cm³/mol. The Morgan fingerprint density at radius 1 is 1.26 bits per heavy atom. The first-order chi connectivity index (χ1) is 9.38. The van der Waals surface area contributed by atoms with Gasteiger partial charge in [-0.3, -0.25) is 0 Å². The fraction of sp³-hybridized carbons (Fsp3) is 0.375. The Kier molecular flexibility index (Phi) is 3.85. The number of nitrogens with zero attached hydrogens (tertiary/aromatic N) is 1. The molecule has 3 heteroatoms. The smallest absolute Gasteiger partial charge is 0.0440 e. The average molecular weight is 272 g/mol. The van der Waals surface area contributed by atoms with Gasteiger partial charge in [-0.1, -0.05) is 18.2 Å². The predicted octanol–water partition coefficient (Wildman–Crippen LogP) is 3.64. The Hall–Kier alpha value is -1.32. The lowest BCUT2D eigenvalue weighted by Crippen LogP contribution is -2.26. The Labute approximate surface area is 119 Å². The molecule has 0 atom stereocenters. The fourth-order valence-electron chi connectivity index (χ4n) is 2.51. The van der Waals surface area contributed by atoms with E-state index in [9.17, 15) is 0 Å². The van der Waals surface area contributed by atoms with Crippen molar-refractivity contribution in [1.82, 2.24) is 5.32 Å². The Balaban J connectivity index is 1.87. The summed E-state index contributed by atoms with van der Waals surface area (Å²) in [5.74, 6) is 0. The molecular formula is C16H20N2S.